The maximum atomic E-state index is 11.5. The second kappa shape index (κ2) is 9.15. The Morgan fingerprint density at radius 1 is 1.25 bits per heavy atom. The molecular formula is C11H22N2O3. The Morgan fingerprint density at radius 2 is 1.88 bits per heavy atom. The number of hydrogen-bond acceptors (Lipinski definition) is 3. The van der Waals surface area contributed by atoms with E-state index in [1.165, 1.54) is 6.92 Å². The van der Waals surface area contributed by atoms with Gasteiger partial charge < -0.3 is 15.4 Å². The molecule has 16 heavy (non-hydrogen) atoms. The summed E-state index contributed by atoms with van der Waals surface area (Å²) in [4.78, 5) is 22.1. The number of nitrogens with one attached hydrogen (secondary N) is 2. The van der Waals surface area contributed by atoms with Gasteiger partial charge in [-0.3, -0.25) is 9.59 Å². The summed E-state index contributed by atoms with van der Waals surface area (Å²) in [5.74, 6) is -0.132. The quantitative estimate of drug-likeness (QED) is 0.589. The van der Waals surface area contributed by atoms with Crippen LogP contribution in [0.3, 0.4) is 0 Å². The second-order valence-corrected chi connectivity index (χ2v) is 3.66. The fraction of sp³-hybridized carbons (Fsp3) is 0.818. The van der Waals surface area contributed by atoms with Gasteiger partial charge >= 0.3 is 0 Å². The lowest BCUT2D eigenvalue weighted by Gasteiger charge is -2.12. The first-order valence-corrected chi connectivity index (χ1v) is 5.67. The van der Waals surface area contributed by atoms with E-state index in [1.54, 1.807) is 0 Å². The SMILES string of the molecule is CCOCCC(C)C(=O)NCCNC(C)=O. The van der Waals surface area contributed by atoms with E-state index in [2.05, 4.69) is 10.6 Å². The molecule has 0 spiro atoms. The maximum Gasteiger partial charge on any atom is 0.222 e. The third-order valence-corrected chi connectivity index (χ3v) is 2.15. The molecule has 0 aliphatic rings. The fourth-order valence-electron chi connectivity index (χ4n) is 1.13. The lowest BCUT2D eigenvalue weighted by molar-refractivity contribution is -0.125. The molecule has 0 bridgehead atoms. The number of carbonyl (C=O) groups is 2. The Balaban J connectivity index is 3.51. The minimum absolute atomic E-state index is 0.00468. The van der Waals surface area contributed by atoms with E-state index in [9.17, 15) is 9.59 Å². The minimum atomic E-state index is -0.0846. The van der Waals surface area contributed by atoms with Crippen molar-refractivity contribution in [2.24, 2.45) is 5.92 Å². The zero-order valence-corrected chi connectivity index (χ0v) is 10.3. The monoisotopic (exact) mass is 230 g/mol. The van der Waals surface area contributed by atoms with Crippen LogP contribution in [0, 0.1) is 5.92 Å². The predicted molar refractivity (Wildman–Crippen MR) is 62.0 cm³/mol. The molecule has 0 heterocycles. The summed E-state index contributed by atoms with van der Waals surface area (Å²) in [5, 5.41) is 5.37. The summed E-state index contributed by atoms with van der Waals surface area (Å²) in [6.45, 7) is 7.47. The molecule has 2 N–H and O–H groups in total. The normalized spacial score (nSPS) is 11.9. The number of amides is 2. The van der Waals surface area contributed by atoms with Gasteiger partial charge in [-0.05, 0) is 13.3 Å². The minimum Gasteiger partial charge on any atom is -0.382 e. The molecule has 0 fully saturated rings. The van der Waals surface area contributed by atoms with Crippen LogP contribution < -0.4 is 10.6 Å². The summed E-state index contributed by atoms with van der Waals surface area (Å²) in [7, 11) is 0. The van der Waals surface area contributed by atoms with Gasteiger partial charge in [0, 0.05) is 39.1 Å². The van der Waals surface area contributed by atoms with E-state index in [0.29, 0.717) is 26.3 Å². The van der Waals surface area contributed by atoms with Crippen LogP contribution in [-0.2, 0) is 14.3 Å². The van der Waals surface area contributed by atoms with Gasteiger partial charge in [-0.2, -0.15) is 0 Å². The van der Waals surface area contributed by atoms with Crippen LogP contribution in [0.1, 0.15) is 27.2 Å². The van der Waals surface area contributed by atoms with Crippen molar-refractivity contribution in [2.45, 2.75) is 27.2 Å². The van der Waals surface area contributed by atoms with Gasteiger partial charge in [-0.1, -0.05) is 6.92 Å². The summed E-state index contributed by atoms with van der Waals surface area (Å²) in [6, 6.07) is 0. The molecule has 5 heteroatoms. The summed E-state index contributed by atoms with van der Waals surface area (Å²) >= 11 is 0. The van der Waals surface area contributed by atoms with Crippen molar-refractivity contribution in [3.05, 3.63) is 0 Å². The van der Waals surface area contributed by atoms with E-state index >= 15 is 0 Å². The molecule has 0 rings (SSSR count). The van der Waals surface area contributed by atoms with Crippen molar-refractivity contribution in [2.75, 3.05) is 26.3 Å². The van der Waals surface area contributed by atoms with Crippen LogP contribution >= 0.6 is 0 Å². The third-order valence-electron chi connectivity index (χ3n) is 2.15. The lowest BCUT2D eigenvalue weighted by Crippen LogP contribution is -2.36. The molecule has 0 saturated heterocycles. The zero-order valence-electron chi connectivity index (χ0n) is 10.3. The summed E-state index contributed by atoms with van der Waals surface area (Å²) < 4.78 is 5.17. The van der Waals surface area contributed by atoms with Crippen molar-refractivity contribution >= 4 is 11.8 Å². The van der Waals surface area contributed by atoms with Crippen molar-refractivity contribution in [3.63, 3.8) is 0 Å². The predicted octanol–water partition coefficient (Wildman–Crippen LogP) is 0.301. The average molecular weight is 230 g/mol. The van der Waals surface area contributed by atoms with E-state index in [1.807, 2.05) is 13.8 Å². The highest BCUT2D eigenvalue weighted by Crippen LogP contribution is 2.01. The van der Waals surface area contributed by atoms with Gasteiger partial charge in [-0.25, -0.2) is 0 Å². The molecule has 0 aromatic rings. The Hall–Kier alpha value is -1.10. The molecule has 0 aromatic carbocycles. The van der Waals surface area contributed by atoms with Crippen molar-refractivity contribution in [1.82, 2.24) is 10.6 Å². The molecule has 5 nitrogen and oxygen atoms in total. The summed E-state index contributed by atoms with van der Waals surface area (Å²) in [5.41, 5.74) is 0. The first-order valence-electron chi connectivity index (χ1n) is 5.67. The Bertz CT molecular complexity index is 219. The fourth-order valence-corrected chi connectivity index (χ4v) is 1.13. The van der Waals surface area contributed by atoms with Gasteiger partial charge in [0.15, 0.2) is 0 Å². The molecule has 2 amide bonds. The molecule has 0 radical (unpaired) electrons. The molecule has 0 saturated carbocycles. The van der Waals surface area contributed by atoms with Crippen LogP contribution in [-0.4, -0.2) is 38.1 Å². The summed E-state index contributed by atoms with van der Waals surface area (Å²) in [6.07, 6.45) is 0.722. The van der Waals surface area contributed by atoms with E-state index in [0.717, 1.165) is 6.42 Å². The van der Waals surface area contributed by atoms with Crippen LogP contribution in [0.15, 0.2) is 0 Å². The first kappa shape index (κ1) is 14.9. The third kappa shape index (κ3) is 8.23. The maximum absolute atomic E-state index is 11.5. The van der Waals surface area contributed by atoms with Gasteiger partial charge in [0.25, 0.3) is 0 Å². The molecule has 94 valence electrons. The largest absolute Gasteiger partial charge is 0.382 e. The average Bonchev–Trinajstić information content (AvgIpc) is 2.24. The topological polar surface area (TPSA) is 67.4 Å². The number of rotatable bonds is 8. The molecule has 1 atom stereocenters. The highest BCUT2D eigenvalue weighted by molar-refractivity contribution is 5.78. The highest BCUT2D eigenvalue weighted by Gasteiger charge is 2.11. The highest BCUT2D eigenvalue weighted by atomic mass is 16.5. The Labute approximate surface area is 96.9 Å². The molecule has 0 aliphatic heterocycles. The Morgan fingerprint density at radius 3 is 2.44 bits per heavy atom. The molecule has 0 aromatic heterocycles. The lowest BCUT2D eigenvalue weighted by atomic mass is 10.1. The smallest absolute Gasteiger partial charge is 0.222 e. The zero-order chi connectivity index (χ0) is 12.4. The molecular weight excluding hydrogens is 208 g/mol. The van der Waals surface area contributed by atoms with E-state index < -0.39 is 0 Å². The van der Waals surface area contributed by atoms with E-state index in [-0.39, 0.29) is 17.7 Å². The standard InChI is InChI=1S/C11H22N2O3/c1-4-16-8-5-9(2)11(15)13-7-6-12-10(3)14/h9H,4-8H2,1-3H3,(H,12,14)(H,13,15). The van der Waals surface area contributed by atoms with Gasteiger partial charge in [0.05, 0.1) is 0 Å². The van der Waals surface area contributed by atoms with Crippen molar-refractivity contribution in [3.8, 4) is 0 Å². The van der Waals surface area contributed by atoms with Crippen molar-refractivity contribution < 1.29 is 14.3 Å². The molecule has 1 unspecified atom stereocenters. The van der Waals surface area contributed by atoms with Crippen LogP contribution in [0.2, 0.25) is 0 Å². The van der Waals surface area contributed by atoms with E-state index in [4.69, 9.17) is 4.74 Å². The van der Waals surface area contributed by atoms with Gasteiger partial charge in [0.2, 0.25) is 11.8 Å². The first-order chi connectivity index (χ1) is 7.57. The van der Waals surface area contributed by atoms with Crippen LogP contribution in [0.25, 0.3) is 0 Å². The number of carbonyl (C=O) groups excluding carboxylic acids is 2. The number of ether oxygens (including phenoxy) is 1. The Kier molecular flexibility index (Phi) is 8.52. The van der Waals surface area contributed by atoms with Gasteiger partial charge in [0.1, 0.15) is 0 Å². The van der Waals surface area contributed by atoms with Crippen LogP contribution in [0.5, 0.6) is 0 Å². The van der Waals surface area contributed by atoms with Crippen molar-refractivity contribution in [1.29, 1.82) is 0 Å². The number of hydrogen-bond donors (Lipinski definition) is 2. The molecule has 0 aliphatic carbocycles. The second-order valence-electron chi connectivity index (χ2n) is 3.66. The van der Waals surface area contributed by atoms with Gasteiger partial charge in [-0.15, -0.1) is 0 Å². The van der Waals surface area contributed by atoms with Crippen LogP contribution in [0.4, 0.5) is 0 Å².